The number of rotatable bonds is 2. The number of carbonyl (C=O) groups excluding carboxylic acids is 2. The van der Waals surface area contributed by atoms with Gasteiger partial charge in [-0.25, -0.2) is 0 Å². The zero-order valence-electron chi connectivity index (χ0n) is 12.8. The Kier molecular flexibility index (Phi) is 3.35. The Morgan fingerprint density at radius 1 is 0.625 bits per heavy atom. The minimum Gasteiger partial charge on any atom is -0.284 e. The van der Waals surface area contributed by atoms with Crippen molar-refractivity contribution in [1.29, 1.82) is 0 Å². The number of hydrogen-bond donors (Lipinski definition) is 0. The van der Waals surface area contributed by atoms with E-state index in [1.165, 1.54) is 21.3 Å². The van der Waals surface area contributed by atoms with E-state index in [0.29, 0.717) is 0 Å². The van der Waals surface area contributed by atoms with E-state index < -0.39 is 0 Å². The zero-order chi connectivity index (χ0) is 16.5. The molecule has 0 atom stereocenters. The van der Waals surface area contributed by atoms with Gasteiger partial charge in [-0.3, -0.25) is 18.7 Å². The van der Waals surface area contributed by atoms with E-state index in [0.717, 1.165) is 21.8 Å². The summed E-state index contributed by atoms with van der Waals surface area (Å²) in [6.45, 7) is 0. The lowest BCUT2D eigenvalue weighted by Gasteiger charge is -2.01. The van der Waals surface area contributed by atoms with Gasteiger partial charge in [0.1, 0.15) is 0 Å². The molecule has 0 amide bonds. The second kappa shape index (κ2) is 5.66. The SMILES string of the molecule is O=C(/C=C/C(=O)n1ccc2ccccc21)n1ccc2ccccc21. The second-order valence-corrected chi connectivity index (χ2v) is 5.50. The summed E-state index contributed by atoms with van der Waals surface area (Å²) < 4.78 is 3.07. The van der Waals surface area contributed by atoms with Crippen molar-refractivity contribution in [3.63, 3.8) is 0 Å². The van der Waals surface area contributed by atoms with E-state index in [9.17, 15) is 9.59 Å². The van der Waals surface area contributed by atoms with Crippen molar-refractivity contribution in [3.8, 4) is 0 Å². The number of fused-ring (bicyclic) bond motifs is 2. The maximum absolute atomic E-state index is 12.4. The van der Waals surface area contributed by atoms with Gasteiger partial charge in [0.2, 0.25) is 0 Å². The molecular formula is C20H14N2O2. The van der Waals surface area contributed by atoms with Crippen LogP contribution in [0.3, 0.4) is 0 Å². The van der Waals surface area contributed by atoms with Crippen molar-refractivity contribution < 1.29 is 9.59 Å². The van der Waals surface area contributed by atoms with Crippen LogP contribution in [0, 0.1) is 0 Å². The minimum atomic E-state index is -0.249. The number of hydrogen-bond acceptors (Lipinski definition) is 2. The molecule has 0 saturated heterocycles. The van der Waals surface area contributed by atoms with Crippen LogP contribution >= 0.6 is 0 Å². The smallest absolute Gasteiger partial charge is 0.255 e. The molecule has 4 nitrogen and oxygen atoms in total. The molecule has 4 aromatic rings. The number of nitrogens with zero attached hydrogens (tertiary/aromatic N) is 2. The van der Waals surface area contributed by atoms with Crippen LogP contribution in [-0.4, -0.2) is 20.9 Å². The molecule has 24 heavy (non-hydrogen) atoms. The minimum absolute atomic E-state index is 0.249. The summed E-state index contributed by atoms with van der Waals surface area (Å²) in [5, 5.41) is 1.98. The summed E-state index contributed by atoms with van der Waals surface area (Å²) in [5.74, 6) is -0.498. The van der Waals surface area contributed by atoms with Crippen molar-refractivity contribution in [1.82, 2.24) is 9.13 Å². The Morgan fingerprint density at radius 3 is 1.50 bits per heavy atom. The molecule has 0 fully saturated rings. The Hall–Kier alpha value is -3.40. The lowest BCUT2D eigenvalue weighted by molar-refractivity contribution is 0.0947. The first-order chi connectivity index (χ1) is 11.7. The Labute approximate surface area is 138 Å². The highest BCUT2D eigenvalue weighted by atomic mass is 16.2. The Balaban J connectivity index is 1.62. The number of benzene rings is 2. The fraction of sp³-hybridized carbons (Fsp3) is 0. The first-order valence-electron chi connectivity index (χ1n) is 7.63. The van der Waals surface area contributed by atoms with Gasteiger partial charge in [0.15, 0.2) is 0 Å². The Morgan fingerprint density at radius 2 is 1.04 bits per heavy atom. The van der Waals surface area contributed by atoms with E-state index in [2.05, 4.69) is 0 Å². The molecule has 116 valence electrons. The third-order valence-electron chi connectivity index (χ3n) is 4.04. The molecule has 0 spiro atoms. The molecule has 0 aliphatic heterocycles. The van der Waals surface area contributed by atoms with Gasteiger partial charge in [0.05, 0.1) is 11.0 Å². The van der Waals surface area contributed by atoms with Gasteiger partial charge in [-0.05, 0) is 24.3 Å². The fourth-order valence-corrected chi connectivity index (χ4v) is 2.85. The zero-order valence-corrected chi connectivity index (χ0v) is 12.8. The average Bonchev–Trinajstić information content (AvgIpc) is 3.23. The summed E-state index contributed by atoms with van der Waals surface area (Å²) in [6.07, 6.45) is 6.05. The van der Waals surface area contributed by atoms with E-state index in [1.807, 2.05) is 60.7 Å². The molecule has 4 heteroatoms. The lowest BCUT2D eigenvalue weighted by Crippen LogP contribution is -2.09. The molecule has 0 aliphatic rings. The van der Waals surface area contributed by atoms with Crippen molar-refractivity contribution >= 4 is 33.6 Å². The summed E-state index contributed by atoms with van der Waals surface area (Å²) >= 11 is 0. The molecular weight excluding hydrogens is 300 g/mol. The first-order valence-corrected chi connectivity index (χ1v) is 7.63. The number of allylic oxidation sites excluding steroid dienone is 2. The lowest BCUT2D eigenvalue weighted by atomic mass is 10.2. The van der Waals surface area contributed by atoms with E-state index in [4.69, 9.17) is 0 Å². The van der Waals surface area contributed by atoms with Crippen LogP contribution in [0.2, 0.25) is 0 Å². The molecule has 0 saturated carbocycles. The van der Waals surface area contributed by atoms with Crippen molar-refractivity contribution in [2.45, 2.75) is 0 Å². The maximum atomic E-state index is 12.4. The van der Waals surface area contributed by atoms with Crippen LogP contribution in [0.5, 0.6) is 0 Å². The third kappa shape index (κ3) is 2.34. The average molecular weight is 314 g/mol. The fourth-order valence-electron chi connectivity index (χ4n) is 2.85. The van der Waals surface area contributed by atoms with Crippen LogP contribution < -0.4 is 0 Å². The van der Waals surface area contributed by atoms with Gasteiger partial charge in [0.25, 0.3) is 11.8 Å². The maximum Gasteiger partial charge on any atom is 0.255 e. The van der Waals surface area contributed by atoms with Crippen molar-refractivity contribution in [3.05, 3.63) is 85.2 Å². The van der Waals surface area contributed by atoms with Crippen LogP contribution in [0.1, 0.15) is 9.59 Å². The van der Waals surface area contributed by atoms with Gasteiger partial charge in [-0.2, -0.15) is 0 Å². The molecule has 0 bridgehead atoms. The molecule has 0 aliphatic carbocycles. The van der Waals surface area contributed by atoms with Gasteiger partial charge in [-0.1, -0.05) is 36.4 Å². The highest BCUT2D eigenvalue weighted by molar-refractivity contribution is 6.04. The van der Waals surface area contributed by atoms with E-state index in [-0.39, 0.29) is 11.8 Å². The van der Waals surface area contributed by atoms with Crippen LogP contribution in [0.4, 0.5) is 0 Å². The van der Waals surface area contributed by atoms with Gasteiger partial charge < -0.3 is 0 Å². The van der Waals surface area contributed by atoms with Crippen LogP contribution in [0.15, 0.2) is 85.2 Å². The quantitative estimate of drug-likeness (QED) is 0.522. The molecule has 0 radical (unpaired) electrons. The van der Waals surface area contributed by atoms with E-state index >= 15 is 0 Å². The molecule has 0 unspecified atom stereocenters. The van der Waals surface area contributed by atoms with E-state index in [1.54, 1.807) is 12.4 Å². The Bertz CT molecular complexity index is 1010. The summed E-state index contributed by atoms with van der Waals surface area (Å²) in [6, 6.07) is 19.0. The van der Waals surface area contributed by atoms with Crippen molar-refractivity contribution in [2.24, 2.45) is 0 Å². The van der Waals surface area contributed by atoms with Crippen LogP contribution in [-0.2, 0) is 0 Å². The number of aromatic nitrogens is 2. The monoisotopic (exact) mass is 314 g/mol. The largest absolute Gasteiger partial charge is 0.284 e. The standard InChI is InChI=1S/C20H14N2O2/c23-19(21-13-11-15-5-1-3-7-17(15)21)9-10-20(24)22-14-12-16-6-2-4-8-18(16)22/h1-14H/b10-9+. The highest BCUT2D eigenvalue weighted by Crippen LogP contribution is 2.16. The van der Waals surface area contributed by atoms with Crippen molar-refractivity contribution in [2.75, 3.05) is 0 Å². The molecule has 2 aromatic heterocycles. The molecule has 4 rings (SSSR count). The first kappa shape index (κ1) is 14.2. The summed E-state index contributed by atoms with van der Waals surface area (Å²) in [5.41, 5.74) is 1.65. The second-order valence-electron chi connectivity index (χ2n) is 5.50. The molecule has 0 N–H and O–H groups in total. The predicted molar refractivity (Wildman–Crippen MR) is 94.3 cm³/mol. The van der Waals surface area contributed by atoms with Gasteiger partial charge in [0, 0.05) is 35.3 Å². The van der Waals surface area contributed by atoms with Gasteiger partial charge >= 0.3 is 0 Å². The predicted octanol–water partition coefficient (Wildman–Crippen LogP) is 4.13. The topological polar surface area (TPSA) is 44.0 Å². The number of para-hydroxylation sites is 2. The molecule has 2 aromatic carbocycles. The molecule has 2 heterocycles. The highest BCUT2D eigenvalue weighted by Gasteiger charge is 2.08. The summed E-state index contributed by atoms with van der Waals surface area (Å²) in [4.78, 5) is 24.7. The number of carbonyl (C=O) groups is 2. The van der Waals surface area contributed by atoms with Gasteiger partial charge in [-0.15, -0.1) is 0 Å². The summed E-state index contributed by atoms with van der Waals surface area (Å²) in [7, 11) is 0. The third-order valence-corrected chi connectivity index (χ3v) is 4.04. The van der Waals surface area contributed by atoms with Crippen LogP contribution in [0.25, 0.3) is 21.8 Å². The normalized spacial score (nSPS) is 11.5.